The first-order valence-corrected chi connectivity index (χ1v) is 5.34. The molecule has 0 saturated carbocycles. The molecule has 0 aliphatic carbocycles. The summed E-state index contributed by atoms with van der Waals surface area (Å²) >= 11 is 0. The van der Waals surface area contributed by atoms with Crippen molar-refractivity contribution in [2.24, 2.45) is 7.05 Å². The SMILES string of the molecule is CN1Cc2cnn(C)c2Nc2ccccc21. The van der Waals surface area contributed by atoms with E-state index >= 15 is 0 Å². The monoisotopic (exact) mass is 214 g/mol. The fourth-order valence-corrected chi connectivity index (χ4v) is 2.14. The van der Waals surface area contributed by atoms with Crippen LogP contribution in [0.1, 0.15) is 5.56 Å². The second-order valence-electron chi connectivity index (χ2n) is 4.14. The van der Waals surface area contributed by atoms with Gasteiger partial charge in [-0.25, -0.2) is 0 Å². The van der Waals surface area contributed by atoms with Crippen molar-refractivity contribution in [2.75, 3.05) is 17.3 Å². The second-order valence-corrected chi connectivity index (χ2v) is 4.14. The van der Waals surface area contributed by atoms with Crippen LogP contribution in [0.2, 0.25) is 0 Å². The lowest BCUT2D eigenvalue weighted by Crippen LogP contribution is -2.14. The van der Waals surface area contributed by atoms with Gasteiger partial charge in [-0.2, -0.15) is 5.10 Å². The normalized spacial score (nSPS) is 13.8. The van der Waals surface area contributed by atoms with Gasteiger partial charge in [-0.15, -0.1) is 0 Å². The minimum atomic E-state index is 0.882. The van der Waals surface area contributed by atoms with Crippen LogP contribution in [0.5, 0.6) is 0 Å². The zero-order chi connectivity index (χ0) is 11.1. The Labute approximate surface area is 94.5 Å². The van der Waals surface area contributed by atoms with Crippen LogP contribution in [0.3, 0.4) is 0 Å². The molecule has 4 nitrogen and oxygen atoms in total. The smallest absolute Gasteiger partial charge is 0.133 e. The molecule has 1 aliphatic rings. The molecule has 0 unspecified atom stereocenters. The van der Waals surface area contributed by atoms with Crippen LogP contribution in [0.25, 0.3) is 0 Å². The van der Waals surface area contributed by atoms with E-state index in [2.05, 4.69) is 40.6 Å². The molecule has 1 aromatic carbocycles. The summed E-state index contributed by atoms with van der Waals surface area (Å²) in [6, 6.07) is 8.32. The molecule has 0 radical (unpaired) electrons. The number of fused-ring (bicyclic) bond motifs is 2. The van der Waals surface area contributed by atoms with E-state index in [1.807, 2.05) is 24.0 Å². The number of para-hydroxylation sites is 2. The summed E-state index contributed by atoms with van der Waals surface area (Å²) in [7, 11) is 4.06. The Morgan fingerprint density at radius 2 is 2.06 bits per heavy atom. The summed E-state index contributed by atoms with van der Waals surface area (Å²) < 4.78 is 1.88. The zero-order valence-corrected chi connectivity index (χ0v) is 9.44. The standard InChI is InChI=1S/C12H14N4/c1-15-8-9-7-13-16(2)12(9)14-10-5-3-4-6-11(10)15/h3-7,14H,8H2,1-2H3. The average Bonchev–Trinajstić information content (AvgIpc) is 2.56. The van der Waals surface area contributed by atoms with Crippen LogP contribution in [0.15, 0.2) is 30.5 Å². The number of hydrogen-bond acceptors (Lipinski definition) is 3. The van der Waals surface area contributed by atoms with Crippen molar-refractivity contribution < 1.29 is 0 Å². The molecule has 0 saturated heterocycles. The fourth-order valence-electron chi connectivity index (χ4n) is 2.14. The van der Waals surface area contributed by atoms with Crippen molar-refractivity contribution in [3.8, 4) is 0 Å². The molecular weight excluding hydrogens is 200 g/mol. The van der Waals surface area contributed by atoms with Gasteiger partial charge in [0, 0.05) is 26.2 Å². The van der Waals surface area contributed by atoms with Gasteiger partial charge in [0.05, 0.1) is 17.6 Å². The Bertz CT molecular complexity index is 530. The second kappa shape index (κ2) is 3.27. The Balaban J connectivity index is 2.16. The van der Waals surface area contributed by atoms with Gasteiger partial charge in [0.1, 0.15) is 5.82 Å². The molecule has 16 heavy (non-hydrogen) atoms. The molecule has 3 rings (SSSR count). The molecule has 0 bridgehead atoms. The summed E-state index contributed by atoms with van der Waals surface area (Å²) in [6.45, 7) is 0.882. The van der Waals surface area contributed by atoms with E-state index < -0.39 is 0 Å². The molecule has 0 amide bonds. The summed E-state index contributed by atoms with van der Waals surface area (Å²) in [5.74, 6) is 1.08. The Kier molecular flexibility index (Phi) is 1.89. The van der Waals surface area contributed by atoms with Crippen molar-refractivity contribution in [3.05, 3.63) is 36.0 Å². The van der Waals surface area contributed by atoms with E-state index in [4.69, 9.17) is 0 Å². The third kappa shape index (κ3) is 1.26. The molecule has 0 fully saturated rings. The van der Waals surface area contributed by atoms with Crippen molar-refractivity contribution in [1.29, 1.82) is 0 Å². The highest BCUT2D eigenvalue weighted by molar-refractivity contribution is 5.77. The number of benzene rings is 1. The van der Waals surface area contributed by atoms with Crippen LogP contribution < -0.4 is 10.2 Å². The van der Waals surface area contributed by atoms with Crippen molar-refractivity contribution in [3.63, 3.8) is 0 Å². The van der Waals surface area contributed by atoms with Crippen molar-refractivity contribution in [2.45, 2.75) is 6.54 Å². The number of aryl methyl sites for hydroxylation is 1. The first kappa shape index (κ1) is 9.27. The van der Waals surface area contributed by atoms with Gasteiger partial charge in [-0.3, -0.25) is 4.68 Å². The Hall–Kier alpha value is -1.97. The topological polar surface area (TPSA) is 33.1 Å². The third-order valence-electron chi connectivity index (χ3n) is 2.99. The summed E-state index contributed by atoms with van der Waals surface area (Å²) in [5, 5.41) is 7.72. The van der Waals surface area contributed by atoms with Crippen molar-refractivity contribution >= 4 is 17.2 Å². The highest BCUT2D eigenvalue weighted by Gasteiger charge is 2.18. The van der Waals surface area contributed by atoms with E-state index in [1.165, 1.54) is 11.3 Å². The Morgan fingerprint density at radius 3 is 2.94 bits per heavy atom. The number of nitrogens with one attached hydrogen (secondary N) is 1. The van der Waals surface area contributed by atoms with Crippen LogP contribution >= 0.6 is 0 Å². The van der Waals surface area contributed by atoms with Gasteiger partial charge in [0.2, 0.25) is 0 Å². The Morgan fingerprint density at radius 1 is 1.25 bits per heavy atom. The predicted octanol–water partition coefficient (Wildman–Crippen LogP) is 2.11. The van der Waals surface area contributed by atoms with Crippen molar-refractivity contribution in [1.82, 2.24) is 9.78 Å². The zero-order valence-electron chi connectivity index (χ0n) is 9.44. The van der Waals surface area contributed by atoms with E-state index in [-0.39, 0.29) is 0 Å². The third-order valence-corrected chi connectivity index (χ3v) is 2.99. The van der Waals surface area contributed by atoms with E-state index in [0.717, 1.165) is 18.1 Å². The fraction of sp³-hybridized carbons (Fsp3) is 0.250. The van der Waals surface area contributed by atoms with Gasteiger partial charge < -0.3 is 10.2 Å². The molecule has 1 aromatic heterocycles. The first-order chi connectivity index (χ1) is 7.75. The maximum absolute atomic E-state index is 4.27. The van der Waals surface area contributed by atoms with Crippen LogP contribution in [-0.2, 0) is 13.6 Å². The number of anilines is 3. The quantitative estimate of drug-likeness (QED) is 0.729. The molecule has 1 aliphatic heterocycles. The maximum Gasteiger partial charge on any atom is 0.133 e. The number of nitrogens with zero attached hydrogens (tertiary/aromatic N) is 3. The lowest BCUT2D eigenvalue weighted by atomic mass is 10.2. The molecule has 1 N–H and O–H groups in total. The summed E-state index contributed by atoms with van der Waals surface area (Å²) in [4.78, 5) is 2.23. The highest BCUT2D eigenvalue weighted by Crippen LogP contribution is 2.33. The van der Waals surface area contributed by atoms with Gasteiger partial charge in [0.15, 0.2) is 0 Å². The predicted molar refractivity (Wildman–Crippen MR) is 65.0 cm³/mol. The van der Waals surface area contributed by atoms with Gasteiger partial charge in [-0.05, 0) is 12.1 Å². The van der Waals surface area contributed by atoms with Crippen LogP contribution in [0, 0.1) is 0 Å². The lowest BCUT2D eigenvalue weighted by molar-refractivity contribution is 0.776. The minimum Gasteiger partial charge on any atom is -0.368 e. The molecule has 4 heteroatoms. The summed E-state index contributed by atoms with van der Waals surface area (Å²) in [6.07, 6.45) is 1.92. The van der Waals surface area contributed by atoms with E-state index in [1.54, 1.807) is 0 Å². The van der Waals surface area contributed by atoms with Gasteiger partial charge in [0.25, 0.3) is 0 Å². The van der Waals surface area contributed by atoms with Gasteiger partial charge in [-0.1, -0.05) is 12.1 Å². The average molecular weight is 214 g/mol. The summed E-state index contributed by atoms with van der Waals surface area (Å²) in [5.41, 5.74) is 3.58. The first-order valence-electron chi connectivity index (χ1n) is 5.34. The number of hydrogen-bond donors (Lipinski definition) is 1. The molecule has 2 aromatic rings. The largest absolute Gasteiger partial charge is 0.368 e. The molecule has 82 valence electrons. The molecular formula is C12H14N4. The highest BCUT2D eigenvalue weighted by atomic mass is 15.3. The van der Waals surface area contributed by atoms with Crippen LogP contribution in [0.4, 0.5) is 17.2 Å². The van der Waals surface area contributed by atoms with E-state index in [0.29, 0.717) is 0 Å². The van der Waals surface area contributed by atoms with Crippen LogP contribution in [-0.4, -0.2) is 16.8 Å². The van der Waals surface area contributed by atoms with E-state index in [9.17, 15) is 0 Å². The molecule has 2 heterocycles. The van der Waals surface area contributed by atoms with Gasteiger partial charge >= 0.3 is 0 Å². The molecule has 0 spiro atoms. The molecule has 0 atom stereocenters. The number of aromatic nitrogens is 2. The maximum atomic E-state index is 4.27. The number of rotatable bonds is 0. The lowest BCUT2D eigenvalue weighted by Gasteiger charge is -2.18. The minimum absolute atomic E-state index is 0.882.